The second kappa shape index (κ2) is 6.56. The molecular weight excluding hydrogens is 256 g/mol. The van der Waals surface area contributed by atoms with Crippen LogP contribution in [0.2, 0.25) is 0 Å². The average molecular weight is 278 g/mol. The number of hydrogen-bond donors (Lipinski definition) is 1. The summed E-state index contributed by atoms with van der Waals surface area (Å²) in [5.41, 5.74) is 5.80. The summed E-state index contributed by atoms with van der Waals surface area (Å²) in [4.78, 5) is 20.4. The molecule has 0 radical (unpaired) electrons. The SMILES string of the molecule is CC[C@H](N)C(=O)N1CCN(c2cc(OC)ccn2)CC1. The van der Waals surface area contributed by atoms with E-state index < -0.39 is 0 Å². The number of piperazine rings is 1. The third-order valence-electron chi connectivity index (χ3n) is 3.63. The van der Waals surface area contributed by atoms with E-state index >= 15 is 0 Å². The van der Waals surface area contributed by atoms with E-state index in [1.165, 1.54) is 0 Å². The van der Waals surface area contributed by atoms with Crippen molar-refractivity contribution < 1.29 is 9.53 Å². The molecule has 0 saturated carbocycles. The van der Waals surface area contributed by atoms with Gasteiger partial charge in [-0.3, -0.25) is 4.79 Å². The van der Waals surface area contributed by atoms with Crippen LogP contribution in [0.25, 0.3) is 0 Å². The minimum atomic E-state index is -0.378. The van der Waals surface area contributed by atoms with E-state index in [0.29, 0.717) is 19.5 Å². The molecule has 0 aromatic carbocycles. The van der Waals surface area contributed by atoms with Gasteiger partial charge in [-0.2, -0.15) is 0 Å². The van der Waals surface area contributed by atoms with Crippen molar-refractivity contribution in [1.29, 1.82) is 0 Å². The first-order chi connectivity index (χ1) is 9.65. The molecule has 20 heavy (non-hydrogen) atoms. The number of nitrogens with zero attached hydrogens (tertiary/aromatic N) is 3. The summed E-state index contributed by atoms with van der Waals surface area (Å²) in [7, 11) is 1.64. The van der Waals surface area contributed by atoms with Crippen molar-refractivity contribution in [3.05, 3.63) is 18.3 Å². The van der Waals surface area contributed by atoms with Crippen LogP contribution in [0.4, 0.5) is 5.82 Å². The van der Waals surface area contributed by atoms with Gasteiger partial charge in [0.05, 0.1) is 13.2 Å². The summed E-state index contributed by atoms with van der Waals surface area (Å²) < 4.78 is 5.20. The van der Waals surface area contributed by atoms with Gasteiger partial charge in [0.2, 0.25) is 5.91 Å². The number of nitrogens with two attached hydrogens (primary N) is 1. The van der Waals surface area contributed by atoms with Crippen molar-refractivity contribution in [1.82, 2.24) is 9.88 Å². The second-order valence-corrected chi connectivity index (χ2v) is 4.88. The summed E-state index contributed by atoms with van der Waals surface area (Å²) in [6.45, 7) is 4.83. The van der Waals surface area contributed by atoms with Gasteiger partial charge in [0, 0.05) is 38.4 Å². The van der Waals surface area contributed by atoms with E-state index in [1.54, 1.807) is 13.3 Å². The van der Waals surface area contributed by atoms with Crippen molar-refractivity contribution >= 4 is 11.7 Å². The maximum atomic E-state index is 12.0. The van der Waals surface area contributed by atoms with E-state index in [-0.39, 0.29) is 11.9 Å². The van der Waals surface area contributed by atoms with Crippen LogP contribution >= 0.6 is 0 Å². The van der Waals surface area contributed by atoms with Crippen molar-refractivity contribution in [3.8, 4) is 5.75 Å². The maximum Gasteiger partial charge on any atom is 0.239 e. The van der Waals surface area contributed by atoms with Crippen molar-refractivity contribution in [2.45, 2.75) is 19.4 Å². The first kappa shape index (κ1) is 14.6. The van der Waals surface area contributed by atoms with E-state index in [9.17, 15) is 4.79 Å². The molecule has 1 amide bonds. The largest absolute Gasteiger partial charge is 0.497 e. The molecular formula is C14H22N4O2. The third kappa shape index (κ3) is 3.19. The molecule has 110 valence electrons. The van der Waals surface area contributed by atoms with Gasteiger partial charge in [0.15, 0.2) is 0 Å². The molecule has 0 unspecified atom stereocenters. The number of ether oxygens (including phenoxy) is 1. The number of aromatic nitrogens is 1. The standard InChI is InChI=1S/C14H22N4O2/c1-3-12(15)14(19)18-8-6-17(7-9-18)13-10-11(20-2)4-5-16-13/h4-5,10,12H,3,6-9,15H2,1-2H3/t12-/m0/s1. The number of amides is 1. The summed E-state index contributed by atoms with van der Waals surface area (Å²) in [6.07, 6.45) is 2.41. The lowest BCUT2D eigenvalue weighted by Gasteiger charge is -2.36. The molecule has 2 rings (SSSR count). The zero-order valence-electron chi connectivity index (χ0n) is 12.1. The molecule has 1 aliphatic rings. The predicted octanol–water partition coefficient (Wildman–Crippen LogP) is 0.476. The van der Waals surface area contributed by atoms with Gasteiger partial charge < -0.3 is 20.3 Å². The summed E-state index contributed by atoms with van der Waals surface area (Å²) in [5, 5.41) is 0. The van der Waals surface area contributed by atoms with Gasteiger partial charge >= 0.3 is 0 Å². The fraction of sp³-hybridized carbons (Fsp3) is 0.571. The highest BCUT2D eigenvalue weighted by Crippen LogP contribution is 2.19. The molecule has 0 spiro atoms. The van der Waals surface area contributed by atoms with E-state index in [0.717, 1.165) is 24.7 Å². The number of methoxy groups -OCH3 is 1. The van der Waals surface area contributed by atoms with Gasteiger partial charge in [0.25, 0.3) is 0 Å². The molecule has 6 heteroatoms. The number of rotatable bonds is 4. The molecule has 2 N–H and O–H groups in total. The van der Waals surface area contributed by atoms with Gasteiger partial charge in [-0.1, -0.05) is 6.92 Å². The fourth-order valence-electron chi connectivity index (χ4n) is 2.26. The van der Waals surface area contributed by atoms with Crippen LogP contribution in [-0.4, -0.2) is 55.1 Å². The minimum absolute atomic E-state index is 0.0470. The van der Waals surface area contributed by atoms with E-state index in [2.05, 4.69) is 9.88 Å². The fourth-order valence-corrected chi connectivity index (χ4v) is 2.26. The molecule has 1 fully saturated rings. The molecule has 0 aliphatic carbocycles. The van der Waals surface area contributed by atoms with Crippen molar-refractivity contribution in [2.75, 3.05) is 38.2 Å². The Morgan fingerprint density at radius 3 is 2.75 bits per heavy atom. The summed E-state index contributed by atoms with van der Waals surface area (Å²) in [6, 6.07) is 3.36. The highest BCUT2D eigenvalue weighted by Gasteiger charge is 2.24. The zero-order chi connectivity index (χ0) is 14.5. The Kier molecular flexibility index (Phi) is 4.79. The maximum absolute atomic E-state index is 12.0. The summed E-state index contributed by atoms with van der Waals surface area (Å²) in [5.74, 6) is 1.73. The predicted molar refractivity (Wildman–Crippen MR) is 77.8 cm³/mol. The number of pyridine rings is 1. The zero-order valence-corrected chi connectivity index (χ0v) is 12.1. The van der Waals surface area contributed by atoms with Crippen LogP contribution in [0, 0.1) is 0 Å². The lowest BCUT2D eigenvalue weighted by atomic mass is 10.2. The van der Waals surface area contributed by atoms with Crippen molar-refractivity contribution in [3.63, 3.8) is 0 Å². The van der Waals surface area contributed by atoms with Crippen LogP contribution in [0.1, 0.15) is 13.3 Å². The minimum Gasteiger partial charge on any atom is -0.497 e. The number of carbonyl (C=O) groups is 1. The average Bonchev–Trinajstić information content (AvgIpc) is 2.53. The quantitative estimate of drug-likeness (QED) is 0.867. The Bertz CT molecular complexity index is 458. The van der Waals surface area contributed by atoms with Crippen LogP contribution in [0.3, 0.4) is 0 Å². The Hall–Kier alpha value is -1.82. The highest BCUT2D eigenvalue weighted by atomic mass is 16.5. The number of anilines is 1. The Morgan fingerprint density at radius 1 is 1.45 bits per heavy atom. The summed E-state index contributed by atoms with van der Waals surface area (Å²) >= 11 is 0. The third-order valence-corrected chi connectivity index (χ3v) is 3.63. The molecule has 1 aromatic rings. The van der Waals surface area contributed by atoms with Crippen LogP contribution in [0.5, 0.6) is 5.75 Å². The molecule has 2 heterocycles. The highest BCUT2D eigenvalue weighted by molar-refractivity contribution is 5.81. The number of hydrogen-bond acceptors (Lipinski definition) is 5. The lowest BCUT2D eigenvalue weighted by molar-refractivity contribution is -0.132. The lowest BCUT2D eigenvalue weighted by Crippen LogP contribution is -2.53. The molecule has 6 nitrogen and oxygen atoms in total. The molecule has 1 aromatic heterocycles. The first-order valence-corrected chi connectivity index (χ1v) is 6.95. The molecule has 1 aliphatic heterocycles. The van der Waals surface area contributed by atoms with Gasteiger partial charge in [-0.15, -0.1) is 0 Å². The smallest absolute Gasteiger partial charge is 0.239 e. The monoisotopic (exact) mass is 278 g/mol. The normalized spacial score (nSPS) is 16.9. The number of carbonyl (C=O) groups excluding carboxylic acids is 1. The second-order valence-electron chi connectivity index (χ2n) is 4.88. The van der Waals surface area contributed by atoms with Gasteiger partial charge in [-0.05, 0) is 12.5 Å². The van der Waals surface area contributed by atoms with E-state index in [1.807, 2.05) is 24.0 Å². The Morgan fingerprint density at radius 2 is 2.15 bits per heavy atom. The topological polar surface area (TPSA) is 71.7 Å². The van der Waals surface area contributed by atoms with Crippen LogP contribution in [0.15, 0.2) is 18.3 Å². The Labute approximate surface area is 119 Å². The first-order valence-electron chi connectivity index (χ1n) is 6.95. The Balaban J connectivity index is 1.95. The van der Waals surface area contributed by atoms with Crippen LogP contribution < -0.4 is 15.4 Å². The van der Waals surface area contributed by atoms with E-state index in [4.69, 9.17) is 10.5 Å². The van der Waals surface area contributed by atoms with Crippen molar-refractivity contribution in [2.24, 2.45) is 5.73 Å². The molecule has 0 bridgehead atoms. The van der Waals surface area contributed by atoms with Gasteiger partial charge in [0.1, 0.15) is 11.6 Å². The van der Waals surface area contributed by atoms with Crippen LogP contribution in [-0.2, 0) is 4.79 Å². The molecule has 1 atom stereocenters. The van der Waals surface area contributed by atoms with Gasteiger partial charge in [-0.25, -0.2) is 4.98 Å². The molecule has 1 saturated heterocycles.